The maximum Gasteiger partial charge on any atom is 0.341 e. The highest BCUT2D eigenvalue weighted by Crippen LogP contribution is 2.34. The number of rotatable bonds is 9. The molecule has 0 bridgehead atoms. The number of allylic oxidation sites excluding steroid dienone is 1. The van der Waals surface area contributed by atoms with E-state index < -0.39 is 12.6 Å². The first-order valence-corrected chi connectivity index (χ1v) is 8.85. The van der Waals surface area contributed by atoms with Crippen LogP contribution in [0.3, 0.4) is 0 Å². The van der Waals surface area contributed by atoms with E-state index in [0.29, 0.717) is 17.1 Å². The van der Waals surface area contributed by atoms with E-state index in [9.17, 15) is 9.59 Å². The minimum absolute atomic E-state index is 0.244. The molecule has 2 aromatic rings. The van der Waals surface area contributed by atoms with E-state index in [4.69, 9.17) is 24.1 Å². The Labute approximate surface area is 170 Å². The van der Waals surface area contributed by atoms with Crippen LogP contribution in [0.2, 0.25) is 0 Å². The largest absolute Gasteiger partial charge is 0.493 e. The molecule has 2 aromatic carbocycles. The molecular formula is C20H19BrO7. The molecule has 0 radical (unpaired) electrons. The molecule has 0 saturated heterocycles. The third-order valence-electron chi connectivity index (χ3n) is 3.72. The molecular weight excluding hydrogens is 432 g/mol. The highest BCUT2D eigenvalue weighted by atomic mass is 79.9. The monoisotopic (exact) mass is 450 g/mol. The molecule has 0 amide bonds. The number of carbonyl (C=O) groups excluding carboxylic acids is 1. The summed E-state index contributed by atoms with van der Waals surface area (Å²) >= 11 is 3.44. The van der Waals surface area contributed by atoms with E-state index >= 15 is 0 Å². The van der Waals surface area contributed by atoms with Gasteiger partial charge in [0.25, 0.3) is 0 Å². The molecule has 0 spiro atoms. The Morgan fingerprint density at radius 2 is 1.57 bits per heavy atom. The lowest BCUT2D eigenvalue weighted by Crippen LogP contribution is -2.10. The minimum atomic E-state index is -1.11. The van der Waals surface area contributed by atoms with Gasteiger partial charge in [-0.25, -0.2) is 4.79 Å². The third-order valence-corrected chi connectivity index (χ3v) is 4.40. The fraction of sp³-hybridized carbons (Fsp3) is 0.200. The molecule has 0 unspecified atom stereocenters. The third kappa shape index (κ3) is 5.26. The Hall–Kier alpha value is -3.00. The second kappa shape index (κ2) is 9.80. The van der Waals surface area contributed by atoms with Crippen LogP contribution >= 0.6 is 15.9 Å². The normalized spacial score (nSPS) is 10.6. The van der Waals surface area contributed by atoms with Crippen LogP contribution < -0.4 is 18.9 Å². The topological polar surface area (TPSA) is 91.3 Å². The molecule has 8 heteroatoms. The van der Waals surface area contributed by atoms with E-state index in [1.54, 1.807) is 25.3 Å². The van der Waals surface area contributed by atoms with E-state index in [2.05, 4.69) is 15.9 Å². The highest BCUT2D eigenvalue weighted by Gasteiger charge is 2.12. The zero-order valence-electron chi connectivity index (χ0n) is 15.5. The summed E-state index contributed by atoms with van der Waals surface area (Å²) in [5, 5.41) is 8.70. The van der Waals surface area contributed by atoms with E-state index in [-0.39, 0.29) is 17.3 Å². The fourth-order valence-corrected chi connectivity index (χ4v) is 2.79. The second-order valence-electron chi connectivity index (χ2n) is 5.47. The molecule has 28 heavy (non-hydrogen) atoms. The Kier molecular flexibility index (Phi) is 7.45. The van der Waals surface area contributed by atoms with E-state index in [1.807, 2.05) is 0 Å². The maximum absolute atomic E-state index is 12.5. The lowest BCUT2D eigenvalue weighted by molar-refractivity contribution is -0.139. The number of methoxy groups -OCH3 is 3. The van der Waals surface area contributed by atoms with Gasteiger partial charge >= 0.3 is 5.97 Å². The Bertz CT molecular complexity index is 906. The van der Waals surface area contributed by atoms with Crippen molar-refractivity contribution in [1.82, 2.24) is 0 Å². The lowest BCUT2D eigenvalue weighted by atomic mass is 10.1. The second-order valence-corrected chi connectivity index (χ2v) is 6.33. The standard InChI is InChI=1S/C20H19BrO7/c1-25-17-9-13(5-7-16(17)28-11-20(23)24)15(22)6-4-12-8-18(26-2)19(27-3)10-14(12)21/h4-10H,11H2,1-3H3,(H,23,24)/b6-4+. The molecule has 0 atom stereocenters. The van der Waals surface area contributed by atoms with Gasteiger partial charge < -0.3 is 24.1 Å². The van der Waals surface area contributed by atoms with Crippen LogP contribution in [0.25, 0.3) is 6.08 Å². The molecule has 0 fully saturated rings. The van der Waals surface area contributed by atoms with Crippen molar-refractivity contribution in [3.8, 4) is 23.0 Å². The molecule has 0 aliphatic rings. The first-order chi connectivity index (χ1) is 13.4. The van der Waals surface area contributed by atoms with Crippen LogP contribution in [0.15, 0.2) is 40.9 Å². The lowest BCUT2D eigenvalue weighted by Gasteiger charge is -2.10. The average molecular weight is 451 g/mol. The summed E-state index contributed by atoms with van der Waals surface area (Å²) in [6, 6.07) is 8.02. The van der Waals surface area contributed by atoms with Crippen molar-refractivity contribution in [3.05, 3.63) is 52.0 Å². The molecule has 1 N–H and O–H groups in total. The van der Waals surface area contributed by atoms with Gasteiger partial charge in [0.1, 0.15) is 0 Å². The number of hydrogen-bond donors (Lipinski definition) is 1. The van der Waals surface area contributed by atoms with E-state index in [0.717, 1.165) is 10.0 Å². The Balaban J connectivity index is 2.24. The number of carboxylic acid groups (broad SMARTS) is 1. The van der Waals surface area contributed by atoms with Gasteiger partial charge in [-0.2, -0.15) is 0 Å². The predicted octanol–water partition coefficient (Wildman–Crippen LogP) is 3.83. The average Bonchev–Trinajstić information content (AvgIpc) is 2.70. The van der Waals surface area contributed by atoms with Crippen LogP contribution in [-0.2, 0) is 4.79 Å². The summed E-state index contributed by atoms with van der Waals surface area (Å²) in [6.45, 7) is -0.503. The maximum atomic E-state index is 12.5. The molecule has 2 rings (SSSR count). The van der Waals surface area contributed by atoms with Gasteiger partial charge in [0.2, 0.25) is 0 Å². The summed E-state index contributed by atoms with van der Waals surface area (Å²) in [6.07, 6.45) is 3.06. The number of ether oxygens (including phenoxy) is 4. The summed E-state index contributed by atoms with van der Waals surface area (Å²) < 4.78 is 21.5. The fourth-order valence-electron chi connectivity index (χ4n) is 2.34. The molecule has 0 aliphatic heterocycles. The molecule has 0 saturated carbocycles. The van der Waals surface area contributed by atoms with Crippen LogP contribution in [-0.4, -0.2) is 44.8 Å². The first kappa shape index (κ1) is 21.3. The summed E-state index contributed by atoms with van der Waals surface area (Å²) in [4.78, 5) is 23.1. The van der Waals surface area contributed by atoms with Gasteiger partial charge in [-0.1, -0.05) is 15.9 Å². The van der Waals surface area contributed by atoms with Crippen molar-refractivity contribution >= 4 is 33.8 Å². The van der Waals surface area contributed by atoms with Gasteiger partial charge in [-0.3, -0.25) is 4.79 Å². The van der Waals surface area contributed by atoms with Crippen LogP contribution in [0.5, 0.6) is 23.0 Å². The molecule has 0 aromatic heterocycles. The summed E-state index contributed by atoms with van der Waals surface area (Å²) in [7, 11) is 4.49. The number of halogens is 1. The zero-order valence-corrected chi connectivity index (χ0v) is 17.1. The van der Waals surface area contributed by atoms with E-state index in [1.165, 1.54) is 38.5 Å². The Morgan fingerprint density at radius 1 is 0.964 bits per heavy atom. The number of ketones is 1. The van der Waals surface area contributed by atoms with Crippen molar-refractivity contribution in [2.24, 2.45) is 0 Å². The number of carboxylic acids is 1. The van der Waals surface area contributed by atoms with Crippen molar-refractivity contribution in [2.75, 3.05) is 27.9 Å². The van der Waals surface area contributed by atoms with Gasteiger partial charge in [0, 0.05) is 10.0 Å². The smallest absolute Gasteiger partial charge is 0.341 e. The number of aliphatic carboxylic acids is 1. The molecule has 0 aliphatic carbocycles. The quantitative estimate of drug-likeness (QED) is 0.458. The molecule has 7 nitrogen and oxygen atoms in total. The zero-order chi connectivity index (χ0) is 20.7. The van der Waals surface area contributed by atoms with Crippen LogP contribution in [0.1, 0.15) is 15.9 Å². The number of benzene rings is 2. The van der Waals surface area contributed by atoms with Crippen LogP contribution in [0, 0.1) is 0 Å². The summed E-state index contributed by atoms with van der Waals surface area (Å²) in [5.74, 6) is 0.259. The molecule has 148 valence electrons. The van der Waals surface area contributed by atoms with Gasteiger partial charge in [0.15, 0.2) is 35.4 Å². The molecule has 0 heterocycles. The van der Waals surface area contributed by atoms with Crippen LogP contribution in [0.4, 0.5) is 0 Å². The predicted molar refractivity (Wildman–Crippen MR) is 107 cm³/mol. The summed E-state index contributed by atoms with van der Waals surface area (Å²) in [5.41, 5.74) is 1.10. The van der Waals surface area contributed by atoms with Crippen molar-refractivity contribution in [1.29, 1.82) is 0 Å². The van der Waals surface area contributed by atoms with Gasteiger partial charge in [-0.15, -0.1) is 0 Å². The number of hydrogen-bond acceptors (Lipinski definition) is 6. The highest BCUT2D eigenvalue weighted by molar-refractivity contribution is 9.10. The van der Waals surface area contributed by atoms with Gasteiger partial charge in [0.05, 0.1) is 21.3 Å². The van der Waals surface area contributed by atoms with Crippen molar-refractivity contribution < 1.29 is 33.6 Å². The van der Waals surface area contributed by atoms with Crippen molar-refractivity contribution in [2.45, 2.75) is 0 Å². The first-order valence-electron chi connectivity index (χ1n) is 8.06. The minimum Gasteiger partial charge on any atom is -0.493 e. The van der Waals surface area contributed by atoms with Gasteiger partial charge in [-0.05, 0) is 48.0 Å². The van der Waals surface area contributed by atoms with Crippen molar-refractivity contribution in [3.63, 3.8) is 0 Å². The Morgan fingerprint density at radius 3 is 2.18 bits per heavy atom. The number of carbonyl (C=O) groups is 2. The SMILES string of the molecule is COc1cc(Br)c(/C=C/C(=O)c2ccc(OCC(=O)O)c(OC)c2)cc1OC.